The molecular weight excluding hydrogens is 378 g/mol. The van der Waals surface area contributed by atoms with E-state index < -0.39 is 0 Å². The third-order valence-electron chi connectivity index (χ3n) is 4.96. The molecule has 1 aromatic carbocycles. The highest BCUT2D eigenvalue weighted by atomic mass is 32.1. The molecule has 0 bridgehead atoms. The molecule has 1 saturated heterocycles. The fourth-order valence-corrected chi connectivity index (χ4v) is 4.31. The number of amides is 3. The molecule has 9 heteroatoms. The van der Waals surface area contributed by atoms with Gasteiger partial charge in [0.15, 0.2) is 0 Å². The van der Waals surface area contributed by atoms with Crippen LogP contribution in [0.25, 0.3) is 0 Å². The van der Waals surface area contributed by atoms with Crippen molar-refractivity contribution in [1.82, 2.24) is 20.0 Å². The van der Waals surface area contributed by atoms with Gasteiger partial charge in [0, 0.05) is 13.0 Å². The van der Waals surface area contributed by atoms with Crippen LogP contribution in [0.1, 0.15) is 51.4 Å². The summed E-state index contributed by atoms with van der Waals surface area (Å²) in [7, 11) is 0. The van der Waals surface area contributed by atoms with Gasteiger partial charge in [-0.3, -0.25) is 24.2 Å². The maximum atomic E-state index is 12.3. The summed E-state index contributed by atoms with van der Waals surface area (Å²) in [5.74, 6) is -1.00. The van der Waals surface area contributed by atoms with Crippen LogP contribution in [-0.2, 0) is 11.3 Å². The van der Waals surface area contributed by atoms with Crippen LogP contribution < -0.4 is 5.32 Å². The van der Waals surface area contributed by atoms with Gasteiger partial charge in [-0.2, -0.15) is 0 Å². The van der Waals surface area contributed by atoms with Crippen LogP contribution in [0.4, 0.5) is 5.13 Å². The fraction of sp³-hybridized carbons (Fsp3) is 0.421. The number of rotatable bonds is 6. The van der Waals surface area contributed by atoms with E-state index in [0.29, 0.717) is 16.3 Å². The number of nitrogens with zero attached hydrogens (tertiary/aromatic N) is 4. The van der Waals surface area contributed by atoms with Gasteiger partial charge in [-0.25, -0.2) is 0 Å². The van der Waals surface area contributed by atoms with E-state index in [0.717, 1.165) is 29.5 Å². The Kier molecular flexibility index (Phi) is 5.45. The number of likely N-dealkylation sites (tertiary alicyclic amines) is 1. The number of carbonyl (C=O) groups excluding carboxylic acids is 3. The minimum absolute atomic E-state index is 0.0203. The highest BCUT2D eigenvalue weighted by Gasteiger charge is 2.35. The first-order valence-corrected chi connectivity index (χ1v) is 10.2. The lowest BCUT2D eigenvalue weighted by Crippen LogP contribution is -2.32. The molecule has 0 aliphatic carbocycles. The molecule has 2 aliphatic heterocycles. The minimum Gasteiger partial charge on any atom is -0.300 e. The number of hydrogen-bond donors (Lipinski definition) is 1. The summed E-state index contributed by atoms with van der Waals surface area (Å²) in [6.07, 6.45) is 3.72. The number of hydrogen-bond acceptors (Lipinski definition) is 7. The van der Waals surface area contributed by atoms with Crippen LogP contribution >= 0.6 is 11.3 Å². The van der Waals surface area contributed by atoms with Crippen molar-refractivity contribution >= 4 is 34.2 Å². The van der Waals surface area contributed by atoms with Crippen LogP contribution in [0.3, 0.4) is 0 Å². The molecule has 1 N–H and O–H groups in total. The van der Waals surface area contributed by atoms with E-state index in [-0.39, 0.29) is 30.7 Å². The van der Waals surface area contributed by atoms with Crippen molar-refractivity contribution in [2.75, 3.05) is 25.0 Å². The molecule has 0 unspecified atom stereocenters. The van der Waals surface area contributed by atoms with E-state index in [4.69, 9.17) is 0 Å². The Morgan fingerprint density at radius 2 is 1.71 bits per heavy atom. The normalized spacial score (nSPS) is 17.1. The number of anilines is 1. The zero-order valence-corrected chi connectivity index (χ0v) is 16.2. The molecule has 28 heavy (non-hydrogen) atoms. The fourth-order valence-electron chi connectivity index (χ4n) is 3.51. The van der Waals surface area contributed by atoms with Gasteiger partial charge in [-0.1, -0.05) is 29.9 Å². The Balaban J connectivity index is 1.28. The van der Waals surface area contributed by atoms with Gasteiger partial charge in [0.05, 0.1) is 17.7 Å². The van der Waals surface area contributed by atoms with Crippen LogP contribution in [0.15, 0.2) is 24.3 Å². The zero-order chi connectivity index (χ0) is 19.5. The Hall–Kier alpha value is -2.65. The van der Waals surface area contributed by atoms with Crippen molar-refractivity contribution in [3.63, 3.8) is 0 Å². The van der Waals surface area contributed by atoms with Crippen molar-refractivity contribution in [3.8, 4) is 0 Å². The minimum atomic E-state index is -0.354. The second-order valence-electron chi connectivity index (χ2n) is 6.94. The summed E-state index contributed by atoms with van der Waals surface area (Å²) in [6.45, 7) is 2.93. The van der Waals surface area contributed by atoms with Gasteiger partial charge < -0.3 is 5.32 Å². The second kappa shape index (κ2) is 8.15. The summed E-state index contributed by atoms with van der Waals surface area (Å²) in [5.41, 5.74) is 0.777. The predicted molar refractivity (Wildman–Crippen MR) is 104 cm³/mol. The van der Waals surface area contributed by atoms with Crippen LogP contribution in [-0.4, -0.2) is 57.4 Å². The number of aromatic nitrogens is 2. The first-order chi connectivity index (χ1) is 13.6. The van der Waals surface area contributed by atoms with Crippen LogP contribution in [0.2, 0.25) is 0 Å². The van der Waals surface area contributed by atoms with Crippen molar-refractivity contribution in [1.29, 1.82) is 0 Å². The number of carbonyl (C=O) groups is 3. The van der Waals surface area contributed by atoms with Gasteiger partial charge in [0.2, 0.25) is 11.0 Å². The maximum absolute atomic E-state index is 12.3. The largest absolute Gasteiger partial charge is 0.300 e. The molecule has 1 fully saturated rings. The smallest absolute Gasteiger partial charge is 0.261 e. The molecule has 0 saturated carbocycles. The molecular formula is C19H21N5O3S. The molecule has 3 heterocycles. The highest BCUT2D eigenvalue weighted by Crippen LogP contribution is 2.23. The molecule has 0 spiro atoms. The monoisotopic (exact) mass is 399 g/mol. The summed E-state index contributed by atoms with van der Waals surface area (Å²) in [4.78, 5) is 40.3. The second-order valence-corrected chi connectivity index (χ2v) is 8.01. The lowest BCUT2D eigenvalue weighted by atomic mass is 10.1. The topological polar surface area (TPSA) is 95.5 Å². The Morgan fingerprint density at radius 3 is 2.39 bits per heavy atom. The van der Waals surface area contributed by atoms with Crippen molar-refractivity contribution in [2.45, 2.75) is 32.2 Å². The number of fused-ring (bicyclic) bond motifs is 1. The third kappa shape index (κ3) is 3.95. The number of nitrogens with one attached hydrogen (secondary N) is 1. The molecule has 1 aromatic heterocycles. The van der Waals surface area contributed by atoms with E-state index >= 15 is 0 Å². The lowest BCUT2D eigenvalue weighted by molar-refractivity contribution is -0.116. The summed E-state index contributed by atoms with van der Waals surface area (Å²) >= 11 is 1.36. The third-order valence-corrected chi connectivity index (χ3v) is 5.78. The molecule has 4 rings (SSSR count). The number of piperidine rings is 1. The quantitative estimate of drug-likeness (QED) is 0.748. The lowest BCUT2D eigenvalue weighted by Gasteiger charge is -2.24. The van der Waals surface area contributed by atoms with E-state index in [2.05, 4.69) is 20.4 Å². The molecule has 146 valence electrons. The standard InChI is InChI=1S/C19H21N5O3S/c25-15(8-11-24-17(26)13-6-2-3-7-14(13)18(24)27)20-19-22-21-16(28-19)12-23-9-4-1-5-10-23/h2-3,6-7H,1,4-5,8-12H2,(H,20,22,25). The van der Waals surface area contributed by atoms with Gasteiger partial charge in [-0.15, -0.1) is 10.2 Å². The summed E-state index contributed by atoms with van der Waals surface area (Å²) in [6, 6.07) is 6.69. The molecule has 2 aliphatic rings. The Labute approximate surface area is 166 Å². The van der Waals surface area contributed by atoms with Gasteiger partial charge >= 0.3 is 0 Å². The summed E-state index contributed by atoms with van der Waals surface area (Å²) < 4.78 is 0. The highest BCUT2D eigenvalue weighted by molar-refractivity contribution is 7.15. The number of imide groups is 1. The predicted octanol–water partition coefficient (Wildman–Crippen LogP) is 2.15. The first kappa shape index (κ1) is 18.7. The van der Waals surface area contributed by atoms with Crippen molar-refractivity contribution in [2.24, 2.45) is 0 Å². The molecule has 3 amide bonds. The van der Waals surface area contributed by atoms with Crippen LogP contribution in [0.5, 0.6) is 0 Å². The van der Waals surface area contributed by atoms with E-state index in [9.17, 15) is 14.4 Å². The van der Waals surface area contributed by atoms with Gasteiger partial charge in [0.1, 0.15) is 5.01 Å². The average Bonchev–Trinajstić information content (AvgIpc) is 3.24. The maximum Gasteiger partial charge on any atom is 0.261 e. The Bertz CT molecular complexity index is 871. The first-order valence-electron chi connectivity index (χ1n) is 9.41. The van der Waals surface area contributed by atoms with Gasteiger partial charge in [-0.05, 0) is 38.1 Å². The van der Waals surface area contributed by atoms with E-state index in [1.807, 2.05) is 0 Å². The average molecular weight is 399 g/mol. The van der Waals surface area contributed by atoms with Crippen LogP contribution in [0, 0.1) is 0 Å². The SMILES string of the molecule is O=C(CCN1C(=O)c2ccccc2C1=O)Nc1nnc(CN2CCCCC2)s1. The van der Waals surface area contributed by atoms with Gasteiger partial charge in [0.25, 0.3) is 11.8 Å². The molecule has 2 aromatic rings. The van der Waals surface area contributed by atoms with Crippen molar-refractivity contribution < 1.29 is 14.4 Å². The molecule has 8 nitrogen and oxygen atoms in total. The number of benzene rings is 1. The molecule has 0 atom stereocenters. The Morgan fingerprint density at radius 1 is 1.04 bits per heavy atom. The van der Waals surface area contributed by atoms with E-state index in [1.165, 1.54) is 30.6 Å². The molecule has 0 radical (unpaired) electrons. The summed E-state index contributed by atoms with van der Waals surface area (Å²) in [5, 5.41) is 12.2. The van der Waals surface area contributed by atoms with Crippen molar-refractivity contribution in [3.05, 3.63) is 40.4 Å². The van der Waals surface area contributed by atoms with E-state index in [1.54, 1.807) is 24.3 Å². The zero-order valence-electron chi connectivity index (χ0n) is 15.4.